The van der Waals surface area contributed by atoms with E-state index in [2.05, 4.69) is 22.9 Å². The third-order valence-electron chi connectivity index (χ3n) is 4.05. The molecule has 0 atom stereocenters. The van der Waals surface area contributed by atoms with Crippen LogP contribution in [-0.4, -0.2) is 45.2 Å². The molecule has 0 radical (unpaired) electrons. The predicted octanol–water partition coefficient (Wildman–Crippen LogP) is 3.29. The number of ether oxygens (including phenoxy) is 2. The van der Waals surface area contributed by atoms with Crippen LogP contribution in [-0.2, 0) is 9.53 Å². The van der Waals surface area contributed by atoms with Gasteiger partial charge in [0, 0.05) is 36.7 Å². The summed E-state index contributed by atoms with van der Waals surface area (Å²) in [7, 11) is 1.58. The first-order valence-corrected chi connectivity index (χ1v) is 9.76. The maximum Gasteiger partial charge on any atom is 0.251 e. The molecule has 156 valence electrons. The molecule has 3 N–H and O–H groups in total. The molecule has 0 aliphatic rings. The van der Waals surface area contributed by atoms with Crippen molar-refractivity contribution in [3.8, 4) is 5.75 Å². The van der Waals surface area contributed by atoms with Gasteiger partial charge >= 0.3 is 0 Å². The molecule has 0 saturated heterocycles. The highest BCUT2D eigenvalue weighted by Crippen LogP contribution is 2.17. The van der Waals surface area contributed by atoms with E-state index >= 15 is 0 Å². The summed E-state index contributed by atoms with van der Waals surface area (Å²) in [6.07, 6.45) is 2.08. The average molecular weight is 399 g/mol. The molecule has 2 rings (SSSR count). The number of methoxy groups -OCH3 is 1. The third kappa shape index (κ3) is 8.23. The monoisotopic (exact) mass is 399 g/mol. The lowest BCUT2D eigenvalue weighted by molar-refractivity contribution is -0.114. The van der Waals surface area contributed by atoms with E-state index in [0.29, 0.717) is 31.0 Å². The highest BCUT2D eigenvalue weighted by Gasteiger charge is 2.08. The Morgan fingerprint density at radius 1 is 1.00 bits per heavy atom. The molecule has 29 heavy (non-hydrogen) atoms. The van der Waals surface area contributed by atoms with Gasteiger partial charge < -0.3 is 25.4 Å². The van der Waals surface area contributed by atoms with Crippen LogP contribution in [0.2, 0.25) is 0 Å². The van der Waals surface area contributed by atoms with E-state index in [9.17, 15) is 9.59 Å². The van der Waals surface area contributed by atoms with Gasteiger partial charge in [0.25, 0.3) is 5.91 Å². The van der Waals surface area contributed by atoms with Crippen molar-refractivity contribution in [2.45, 2.75) is 19.8 Å². The minimum atomic E-state index is -0.212. The lowest BCUT2D eigenvalue weighted by Gasteiger charge is -2.11. The first kappa shape index (κ1) is 22.2. The first-order chi connectivity index (χ1) is 14.1. The van der Waals surface area contributed by atoms with E-state index in [1.807, 2.05) is 24.3 Å². The van der Waals surface area contributed by atoms with Gasteiger partial charge in [-0.15, -0.1) is 0 Å². The van der Waals surface area contributed by atoms with Crippen molar-refractivity contribution in [1.82, 2.24) is 5.32 Å². The summed E-state index contributed by atoms with van der Waals surface area (Å²) in [6.45, 7) is 3.76. The van der Waals surface area contributed by atoms with Crippen molar-refractivity contribution in [2.75, 3.05) is 44.0 Å². The van der Waals surface area contributed by atoms with E-state index in [1.165, 1.54) is 0 Å². The molecule has 0 fully saturated rings. The number of hydrogen-bond donors (Lipinski definition) is 3. The molecule has 7 heteroatoms. The van der Waals surface area contributed by atoms with Crippen molar-refractivity contribution in [2.24, 2.45) is 0 Å². The van der Waals surface area contributed by atoms with Crippen LogP contribution in [0.3, 0.4) is 0 Å². The highest BCUT2D eigenvalue weighted by atomic mass is 16.5. The van der Waals surface area contributed by atoms with Crippen molar-refractivity contribution in [3.63, 3.8) is 0 Å². The van der Waals surface area contributed by atoms with Gasteiger partial charge in [0.2, 0.25) is 5.91 Å². The molecule has 2 amide bonds. The minimum Gasteiger partial charge on any atom is -0.494 e. The molecule has 0 bridgehead atoms. The van der Waals surface area contributed by atoms with Crippen LogP contribution >= 0.6 is 0 Å². The van der Waals surface area contributed by atoms with Gasteiger partial charge in [0.15, 0.2) is 0 Å². The fourth-order valence-corrected chi connectivity index (χ4v) is 2.52. The van der Waals surface area contributed by atoms with Gasteiger partial charge in [-0.2, -0.15) is 0 Å². The largest absolute Gasteiger partial charge is 0.494 e. The number of anilines is 2. The Morgan fingerprint density at radius 2 is 1.79 bits per heavy atom. The number of nitrogens with one attached hydrogen (secondary N) is 3. The number of benzene rings is 2. The van der Waals surface area contributed by atoms with Crippen LogP contribution in [0.15, 0.2) is 48.5 Å². The number of unbranched alkanes of at least 4 members (excludes halogenated alkanes) is 1. The summed E-state index contributed by atoms with van der Waals surface area (Å²) in [5, 5.41) is 8.63. The van der Waals surface area contributed by atoms with Crippen LogP contribution in [0.5, 0.6) is 5.75 Å². The van der Waals surface area contributed by atoms with Crippen molar-refractivity contribution < 1.29 is 19.1 Å². The van der Waals surface area contributed by atoms with E-state index in [4.69, 9.17) is 9.47 Å². The van der Waals surface area contributed by atoms with Crippen LogP contribution in [0.25, 0.3) is 0 Å². The summed E-state index contributed by atoms with van der Waals surface area (Å²) in [5.74, 6) is 0.353. The van der Waals surface area contributed by atoms with Crippen LogP contribution in [0, 0.1) is 0 Å². The van der Waals surface area contributed by atoms with E-state index in [-0.39, 0.29) is 18.4 Å². The molecule has 0 aromatic heterocycles. The van der Waals surface area contributed by atoms with Crippen LogP contribution < -0.4 is 20.7 Å². The molecular weight excluding hydrogens is 370 g/mol. The molecule has 0 saturated carbocycles. The number of hydrogen-bond acceptors (Lipinski definition) is 5. The molecule has 7 nitrogen and oxygen atoms in total. The summed E-state index contributed by atoms with van der Waals surface area (Å²) in [5.41, 5.74) is 1.84. The second kappa shape index (κ2) is 12.4. The number of rotatable bonds is 12. The quantitative estimate of drug-likeness (QED) is 0.477. The predicted molar refractivity (Wildman–Crippen MR) is 115 cm³/mol. The maximum absolute atomic E-state index is 12.3. The van der Waals surface area contributed by atoms with Gasteiger partial charge in [-0.05, 0) is 36.8 Å². The molecular formula is C22H29N3O4. The maximum atomic E-state index is 12.3. The zero-order valence-electron chi connectivity index (χ0n) is 17.0. The van der Waals surface area contributed by atoms with E-state index in [1.54, 1.807) is 31.4 Å². The summed E-state index contributed by atoms with van der Waals surface area (Å²) < 4.78 is 10.6. The SMILES string of the molecule is CCCCOc1cccc(NCC(=O)Nc2cccc(C(=O)NCCOC)c2)c1. The highest BCUT2D eigenvalue weighted by molar-refractivity contribution is 5.98. The van der Waals surface area contributed by atoms with Gasteiger partial charge in [-0.1, -0.05) is 25.5 Å². The fraction of sp³-hybridized carbons (Fsp3) is 0.364. The summed E-state index contributed by atoms with van der Waals surface area (Å²) in [4.78, 5) is 24.3. The lowest BCUT2D eigenvalue weighted by atomic mass is 10.2. The van der Waals surface area contributed by atoms with Crippen molar-refractivity contribution in [3.05, 3.63) is 54.1 Å². The van der Waals surface area contributed by atoms with Crippen LogP contribution in [0.4, 0.5) is 11.4 Å². The van der Waals surface area contributed by atoms with E-state index in [0.717, 1.165) is 24.3 Å². The molecule has 0 heterocycles. The average Bonchev–Trinajstić information content (AvgIpc) is 2.73. The summed E-state index contributed by atoms with van der Waals surface area (Å²) >= 11 is 0. The third-order valence-corrected chi connectivity index (χ3v) is 4.05. The standard InChI is InChI=1S/C22H29N3O4/c1-3-4-12-29-20-10-6-8-18(15-20)24-16-21(26)25-19-9-5-7-17(14-19)22(27)23-11-13-28-2/h5-10,14-15,24H,3-4,11-13,16H2,1-2H3,(H,23,27)(H,25,26). The Kier molecular flexibility index (Phi) is 9.51. The summed E-state index contributed by atoms with van der Waals surface area (Å²) in [6, 6.07) is 14.3. The van der Waals surface area contributed by atoms with Crippen LogP contribution in [0.1, 0.15) is 30.1 Å². The Morgan fingerprint density at radius 3 is 2.59 bits per heavy atom. The molecule has 0 spiro atoms. The number of amides is 2. The Labute approximate surface area is 171 Å². The second-order valence-corrected chi connectivity index (χ2v) is 6.46. The van der Waals surface area contributed by atoms with Gasteiger partial charge in [0.05, 0.1) is 19.8 Å². The van der Waals surface area contributed by atoms with Gasteiger partial charge in [0.1, 0.15) is 5.75 Å². The Hall–Kier alpha value is -3.06. The topological polar surface area (TPSA) is 88.7 Å². The lowest BCUT2D eigenvalue weighted by Crippen LogP contribution is -2.27. The molecule has 0 aliphatic carbocycles. The molecule has 0 aliphatic heterocycles. The first-order valence-electron chi connectivity index (χ1n) is 9.76. The molecule has 2 aromatic carbocycles. The van der Waals surface area contributed by atoms with Crippen molar-refractivity contribution >= 4 is 23.2 Å². The van der Waals surface area contributed by atoms with Crippen molar-refractivity contribution in [1.29, 1.82) is 0 Å². The normalized spacial score (nSPS) is 10.3. The Bertz CT molecular complexity index is 795. The number of carbonyl (C=O) groups is 2. The smallest absolute Gasteiger partial charge is 0.251 e. The Balaban J connectivity index is 1.84. The zero-order valence-corrected chi connectivity index (χ0v) is 17.0. The molecule has 2 aromatic rings. The zero-order chi connectivity index (χ0) is 20.9. The minimum absolute atomic E-state index is 0.0999. The van der Waals surface area contributed by atoms with E-state index < -0.39 is 0 Å². The second-order valence-electron chi connectivity index (χ2n) is 6.46. The van der Waals surface area contributed by atoms with Gasteiger partial charge in [-0.3, -0.25) is 9.59 Å². The molecule has 0 unspecified atom stereocenters. The fourth-order valence-electron chi connectivity index (χ4n) is 2.52. The number of carbonyl (C=O) groups excluding carboxylic acids is 2. The van der Waals surface area contributed by atoms with Gasteiger partial charge in [-0.25, -0.2) is 0 Å².